The monoisotopic (exact) mass is 307 g/mol. The highest BCUT2D eigenvalue weighted by atomic mass is 35.5. The predicted octanol–water partition coefficient (Wildman–Crippen LogP) is 5.02. The van der Waals surface area contributed by atoms with Crippen LogP contribution in [0.4, 0.5) is 5.69 Å². The van der Waals surface area contributed by atoms with Gasteiger partial charge < -0.3 is 10.1 Å². The van der Waals surface area contributed by atoms with Gasteiger partial charge in [-0.2, -0.15) is 0 Å². The number of rotatable bonds is 2. The van der Waals surface area contributed by atoms with Crippen LogP contribution in [-0.4, -0.2) is 7.11 Å². The van der Waals surface area contributed by atoms with Crippen molar-refractivity contribution in [3.8, 4) is 5.75 Å². The van der Waals surface area contributed by atoms with Crippen molar-refractivity contribution in [3.05, 3.63) is 57.1 Å². The van der Waals surface area contributed by atoms with Gasteiger partial charge in [-0.05, 0) is 30.7 Å². The summed E-state index contributed by atoms with van der Waals surface area (Å²) in [5.41, 5.74) is 4.49. The summed E-state index contributed by atoms with van der Waals surface area (Å²) in [7, 11) is 1.69. The van der Waals surface area contributed by atoms with E-state index in [4.69, 9.17) is 27.9 Å². The fourth-order valence-electron chi connectivity index (χ4n) is 2.70. The summed E-state index contributed by atoms with van der Waals surface area (Å²) in [6.45, 7) is 2.08. The first-order valence-electron chi connectivity index (χ1n) is 6.47. The molecule has 1 heterocycles. The van der Waals surface area contributed by atoms with E-state index in [1.807, 2.05) is 18.2 Å². The maximum absolute atomic E-state index is 6.28. The smallest absolute Gasteiger partial charge is 0.124 e. The Hall–Kier alpha value is -1.38. The lowest BCUT2D eigenvalue weighted by Crippen LogP contribution is -2.07. The highest BCUT2D eigenvalue weighted by molar-refractivity contribution is 6.35. The minimum Gasteiger partial charge on any atom is -0.496 e. The van der Waals surface area contributed by atoms with Crippen molar-refractivity contribution in [2.75, 3.05) is 12.4 Å². The maximum Gasteiger partial charge on any atom is 0.124 e. The molecule has 0 spiro atoms. The molecule has 0 fully saturated rings. The SMILES string of the molecule is COc1ccc(C)cc1C1Cc2c(Cl)cc(Cl)cc2N1. The van der Waals surface area contributed by atoms with Gasteiger partial charge in [0.1, 0.15) is 5.75 Å². The zero-order valence-electron chi connectivity index (χ0n) is 11.3. The van der Waals surface area contributed by atoms with Gasteiger partial charge in [-0.15, -0.1) is 0 Å². The van der Waals surface area contributed by atoms with Crippen molar-refractivity contribution in [3.63, 3.8) is 0 Å². The Bertz CT molecular complexity index is 670. The van der Waals surface area contributed by atoms with Gasteiger partial charge in [0.05, 0.1) is 13.2 Å². The van der Waals surface area contributed by atoms with Crippen molar-refractivity contribution in [2.24, 2.45) is 0 Å². The van der Waals surface area contributed by atoms with E-state index in [0.717, 1.165) is 29.0 Å². The molecule has 0 amide bonds. The summed E-state index contributed by atoms with van der Waals surface area (Å²) in [6, 6.07) is 10.1. The van der Waals surface area contributed by atoms with Crippen molar-refractivity contribution < 1.29 is 4.74 Å². The number of nitrogens with one attached hydrogen (secondary N) is 1. The van der Waals surface area contributed by atoms with E-state index >= 15 is 0 Å². The lowest BCUT2D eigenvalue weighted by Gasteiger charge is -2.16. The molecule has 1 unspecified atom stereocenters. The Balaban J connectivity index is 2.00. The summed E-state index contributed by atoms with van der Waals surface area (Å²) in [4.78, 5) is 0. The first-order chi connectivity index (χ1) is 9.58. The molecule has 2 aromatic rings. The Labute approximate surface area is 128 Å². The zero-order valence-corrected chi connectivity index (χ0v) is 12.8. The molecular weight excluding hydrogens is 293 g/mol. The molecule has 0 saturated heterocycles. The van der Waals surface area contributed by atoms with Crippen molar-refractivity contribution >= 4 is 28.9 Å². The van der Waals surface area contributed by atoms with Crippen molar-refractivity contribution in [2.45, 2.75) is 19.4 Å². The number of fused-ring (bicyclic) bond motifs is 1. The van der Waals surface area contributed by atoms with E-state index in [2.05, 4.69) is 18.3 Å². The molecule has 2 nitrogen and oxygen atoms in total. The van der Waals surface area contributed by atoms with Gasteiger partial charge in [0.25, 0.3) is 0 Å². The Morgan fingerprint density at radius 1 is 1.20 bits per heavy atom. The zero-order chi connectivity index (χ0) is 14.3. The minimum absolute atomic E-state index is 0.163. The molecule has 1 atom stereocenters. The lowest BCUT2D eigenvalue weighted by molar-refractivity contribution is 0.407. The highest BCUT2D eigenvalue weighted by Gasteiger charge is 2.26. The van der Waals surface area contributed by atoms with Crippen LogP contribution in [0.5, 0.6) is 5.75 Å². The van der Waals surface area contributed by atoms with Crippen LogP contribution in [0.3, 0.4) is 0 Å². The van der Waals surface area contributed by atoms with Crippen LogP contribution in [0.25, 0.3) is 0 Å². The second kappa shape index (κ2) is 5.19. The first kappa shape index (κ1) is 13.6. The molecule has 0 aliphatic carbocycles. The van der Waals surface area contributed by atoms with Gasteiger partial charge in [-0.25, -0.2) is 0 Å². The standard InChI is InChI=1S/C16H15Cl2NO/c1-9-3-4-16(20-2)12(5-9)15-8-11-13(18)6-10(17)7-14(11)19-15/h3-7,15,19H,8H2,1-2H3. The summed E-state index contributed by atoms with van der Waals surface area (Å²) in [6.07, 6.45) is 0.838. The van der Waals surface area contributed by atoms with Gasteiger partial charge in [-0.3, -0.25) is 0 Å². The highest BCUT2D eigenvalue weighted by Crippen LogP contribution is 2.42. The van der Waals surface area contributed by atoms with E-state index < -0.39 is 0 Å². The molecule has 0 saturated carbocycles. The topological polar surface area (TPSA) is 21.3 Å². The average Bonchev–Trinajstić information content (AvgIpc) is 2.82. The molecule has 3 rings (SSSR count). The number of benzene rings is 2. The number of ether oxygens (including phenoxy) is 1. The number of aryl methyl sites for hydroxylation is 1. The third-order valence-corrected chi connectivity index (χ3v) is 4.21. The molecule has 20 heavy (non-hydrogen) atoms. The Kier molecular flexibility index (Phi) is 3.53. The molecule has 104 valence electrons. The molecule has 2 aromatic carbocycles. The Morgan fingerprint density at radius 2 is 2.00 bits per heavy atom. The second-order valence-electron chi connectivity index (χ2n) is 5.06. The van der Waals surface area contributed by atoms with E-state index in [1.165, 1.54) is 5.56 Å². The fourth-order valence-corrected chi connectivity index (χ4v) is 3.27. The van der Waals surface area contributed by atoms with Crippen LogP contribution in [-0.2, 0) is 6.42 Å². The van der Waals surface area contributed by atoms with E-state index in [1.54, 1.807) is 13.2 Å². The summed E-state index contributed by atoms with van der Waals surface area (Å²) in [5.74, 6) is 0.892. The third-order valence-electron chi connectivity index (χ3n) is 3.66. The normalized spacial score (nSPS) is 16.7. The molecule has 4 heteroatoms. The lowest BCUT2D eigenvalue weighted by atomic mass is 10.00. The summed E-state index contributed by atoms with van der Waals surface area (Å²) >= 11 is 12.3. The van der Waals surface area contributed by atoms with Gasteiger partial charge in [-0.1, -0.05) is 40.9 Å². The molecule has 1 N–H and O–H groups in total. The number of hydrogen-bond donors (Lipinski definition) is 1. The van der Waals surface area contributed by atoms with Crippen LogP contribution >= 0.6 is 23.2 Å². The van der Waals surface area contributed by atoms with E-state index in [9.17, 15) is 0 Å². The van der Waals surface area contributed by atoms with Crippen molar-refractivity contribution in [1.29, 1.82) is 0 Å². The minimum atomic E-state index is 0.163. The molecular formula is C16H15Cl2NO. The van der Waals surface area contributed by atoms with Crippen LogP contribution < -0.4 is 10.1 Å². The number of halogens is 2. The summed E-state index contributed by atoms with van der Waals surface area (Å²) < 4.78 is 5.47. The molecule has 1 aliphatic rings. The van der Waals surface area contributed by atoms with Gasteiger partial charge >= 0.3 is 0 Å². The van der Waals surface area contributed by atoms with E-state index in [-0.39, 0.29) is 6.04 Å². The maximum atomic E-state index is 6.28. The Morgan fingerprint density at radius 3 is 2.75 bits per heavy atom. The van der Waals surface area contributed by atoms with Crippen LogP contribution in [0.2, 0.25) is 10.0 Å². The number of hydrogen-bond acceptors (Lipinski definition) is 2. The molecule has 0 aromatic heterocycles. The molecule has 0 bridgehead atoms. The average molecular weight is 308 g/mol. The van der Waals surface area contributed by atoms with Gasteiger partial charge in [0.2, 0.25) is 0 Å². The fraction of sp³-hybridized carbons (Fsp3) is 0.250. The van der Waals surface area contributed by atoms with Crippen molar-refractivity contribution in [1.82, 2.24) is 0 Å². The van der Waals surface area contributed by atoms with Gasteiger partial charge in [0, 0.05) is 27.7 Å². The van der Waals surface area contributed by atoms with Crippen LogP contribution in [0.15, 0.2) is 30.3 Å². The quantitative estimate of drug-likeness (QED) is 0.841. The number of anilines is 1. The summed E-state index contributed by atoms with van der Waals surface area (Å²) in [5, 5.41) is 4.85. The number of methoxy groups -OCH3 is 1. The largest absolute Gasteiger partial charge is 0.496 e. The second-order valence-corrected chi connectivity index (χ2v) is 5.90. The van der Waals surface area contributed by atoms with E-state index in [0.29, 0.717) is 10.0 Å². The molecule has 1 aliphatic heterocycles. The third kappa shape index (κ3) is 2.34. The molecule has 0 radical (unpaired) electrons. The van der Waals surface area contributed by atoms with Crippen LogP contribution in [0, 0.1) is 6.92 Å². The van der Waals surface area contributed by atoms with Crippen LogP contribution in [0.1, 0.15) is 22.7 Å². The first-order valence-corrected chi connectivity index (χ1v) is 7.23. The van der Waals surface area contributed by atoms with Gasteiger partial charge in [0.15, 0.2) is 0 Å². The predicted molar refractivity (Wildman–Crippen MR) is 84.3 cm³/mol.